The Morgan fingerprint density at radius 2 is 1.96 bits per heavy atom. The van der Waals surface area contributed by atoms with Gasteiger partial charge in [0.15, 0.2) is 0 Å². The summed E-state index contributed by atoms with van der Waals surface area (Å²) >= 11 is 0. The van der Waals surface area contributed by atoms with E-state index in [0.29, 0.717) is 24.3 Å². The lowest BCUT2D eigenvalue weighted by Crippen LogP contribution is -2.48. The Morgan fingerprint density at radius 3 is 2.65 bits per heavy atom. The maximum Gasteiger partial charge on any atom is 0.312 e. The highest BCUT2D eigenvalue weighted by molar-refractivity contribution is 6.00. The normalized spacial score (nSPS) is 23.5. The smallest absolute Gasteiger partial charge is 0.312 e. The van der Waals surface area contributed by atoms with Crippen LogP contribution in [0.2, 0.25) is 0 Å². The molecule has 0 saturated carbocycles. The molecule has 0 spiro atoms. The molecule has 1 saturated heterocycles. The molecule has 1 N–H and O–H groups in total. The number of carbonyl (C=O) groups excluding carboxylic acids is 2. The highest BCUT2D eigenvalue weighted by Crippen LogP contribution is 2.37. The van der Waals surface area contributed by atoms with Crippen molar-refractivity contribution in [3.05, 3.63) is 29.8 Å². The van der Waals surface area contributed by atoms with Crippen LogP contribution in [-0.4, -0.2) is 47.4 Å². The average Bonchev–Trinajstić information content (AvgIpc) is 3.06. The number of carbonyl (C=O) groups is 3. The van der Waals surface area contributed by atoms with Crippen LogP contribution < -0.4 is 4.90 Å². The Hall–Kier alpha value is -2.37. The van der Waals surface area contributed by atoms with Gasteiger partial charge >= 0.3 is 5.97 Å². The third kappa shape index (κ3) is 3.32. The van der Waals surface area contributed by atoms with Crippen LogP contribution in [0.3, 0.4) is 0 Å². The Bertz CT molecular complexity index is 718. The number of nitrogens with zero attached hydrogens (tertiary/aromatic N) is 2. The topological polar surface area (TPSA) is 77.9 Å². The van der Waals surface area contributed by atoms with Gasteiger partial charge in [-0.3, -0.25) is 14.4 Å². The molecule has 0 bridgehead atoms. The molecule has 3 rings (SSSR count). The summed E-state index contributed by atoms with van der Waals surface area (Å²) in [6.45, 7) is 5.20. The van der Waals surface area contributed by atoms with Crippen molar-refractivity contribution >= 4 is 23.5 Å². The Kier molecular flexibility index (Phi) is 5.30. The third-order valence-corrected chi connectivity index (χ3v) is 5.65. The van der Waals surface area contributed by atoms with Crippen molar-refractivity contribution in [2.45, 2.75) is 39.0 Å². The zero-order chi connectivity index (χ0) is 18.8. The molecule has 3 atom stereocenters. The summed E-state index contributed by atoms with van der Waals surface area (Å²) in [5, 5.41) is 9.48. The van der Waals surface area contributed by atoms with E-state index in [9.17, 15) is 19.5 Å². The van der Waals surface area contributed by atoms with Gasteiger partial charge in [-0.15, -0.1) is 0 Å². The summed E-state index contributed by atoms with van der Waals surface area (Å²) in [5.41, 5.74) is 1.38. The van der Waals surface area contributed by atoms with Crippen molar-refractivity contribution in [1.82, 2.24) is 4.90 Å². The van der Waals surface area contributed by atoms with E-state index in [1.165, 1.54) is 0 Å². The predicted molar refractivity (Wildman–Crippen MR) is 97.9 cm³/mol. The number of likely N-dealkylation sites (tertiary alicyclic amines) is 1. The molecule has 1 aromatic rings. The number of carboxylic acid groups (broad SMARTS) is 1. The first-order valence-electron chi connectivity index (χ1n) is 9.35. The van der Waals surface area contributed by atoms with Gasteiger partial charge in [-0.2, -0.15) is 0 Å². The molecule has 0 radical (unpaired) electrons. The zero-order valence-electron chi connectivity index (χ0n) is 15.4. The van der Waals surface area contributed by atoms with E-state index in [-0.39, 0.29) is 30.2 Å². The maximum atomic E-state index is 13.1. The molecule has 0 aliphatic carbocycles. The Morgan fingerprint density at radius 1 is 1.23 bits per heavy atom. The molecule has 1 aromatic carbocycles. The average molecular weight is 358 g/mol. The van der Waals surface area contributed by atoms with Gasteiger partial charge < -0.3 is 14.9 Å². The number of piperidine rings is 1. The molecule has 140 valence electrons. The monoisotopic (exact) mass is 358 g/mol. The van der Waals surface area contributed by atoms with E-state index in [0.717, 1.165) is 19.3 Å². The van der Waals surface area contributed by atoms with Crippen LogP contribution >= 0.6 is 0 Å². The van der Waals surface area contributed by atoms with Crippen molar-refractivity contribution in [2.24, 2.45) is 11.8 Å². The van der Waals surface area contributed by atoms with Gasteiger partial charge in [0.25, 0.3) is 0 Å². The third-order valence-electron chi connectivity index (χ3n) is 5.65. The molecular formula is C20H26N2O4. The first kappa shape index (κ1) is 18.4. The van der Waals surface area contributed by atoms with E-state index < -0.39 is 11.9 Å². The fourth-order valence-corrected chi connectivity index (χ4v) is 3.91. The lowest BCUT2D eigenvalue weighted by molar-refractivity contribution is -0.138. The standard InChI is InChI=1S/C20H26N2O4/c1-3-13(2)18(23)21-10-6-7-14(11-21)19(24)22-12-16(20(25)26)15-8-4-5-9-17(15)22/h4-5,8-9,13-14,16H,3,6-7,10-12H2,1-2H3,(H,25,26). The van der Waals surface area contributed by atoms with Crippen molar-refractivity contribution in [3.8, 4) is 0 Å². The maximum absolute atomic E-state index is 13.1. The van der Waals surface area contributed by atoms with E-state index in [1.807, 2.05) is 19.9 Å². The van der Waals surface area contributed by atoms with Crippen LogP contribution in [0.15, 0.2) is 24.3 Å². The molecule has 2 amide bonds. The SMILES string of the molecule is CCC(C)C(=O)N1CCCC(C(=O)N2CC(C(=O)O)c3ccccc32)C1. The molecule has 0 aromatic heterocycles. The minimum atomic E-state index is -0.912. The number of rotatable bonds is 4. The first-order valence-corrected chi connectivity index (χ1v) is 9.35. The van der Waals surface area contributed by atoms with Gasteiger partial charge in [-0.05, 0) is 30.9 Å². The second-order valence-electron chi connectivity index (χ2n) is 7.33. The summed E-state index contributed by atoms with van der Waals surface area (Å²) in [6.07, 6.45) is 2.32. The molecule has 6 heteroatoms. The lowest BCUT2D eigenvalue weighted by atomic mass is 9.95. The summed E-state index contributed by atoms with van der Waals surface area (Å²) in [5.74, 6) is -1.86. The van der Waals surface area contributed by atoms with Gasteiger partial charge in [0.2, 0.25) is 11.8 Å². The van der Waals surface area contributed by atoms with E-state index in [4.69, 9.17) is 0 Å². The Balaban J connectivity index is 1.77. The number of para-hydroxylation sites is 1. The number of amides is 2. The summed E-state index contributed by atoms with van der Waals surface area (Å²) in [7, 11) is 0. The number of hydrogen-bond acceptors (Lipinski definition) is 3. The lowest BCUT2D eigenvalue weighted by Gasteiger charge is -2.35. The highest BCUT2D eigenvalue weighted by atomic mass is 16.4. The van der Waals surface area contributed by atoms with Crippen molar-refractivity contribution in [1.29, 1.82) is 0 Å². The minimum absolute atomic E-state index is 0.0345. The van der Waals surface area contributed by atoms with Gasteiger partial charge in [-0.1, -0.05) is 32.0 Å². The minimum Gasteiger partial charge on any atom is -0.481 e. The van der Waals surface area contributed by atoms with E-state index >= 15 is 0 Å². The van der Waals surface area contributed by atoms with Gasteiger partial charge in [0.1, 0.15) is 5.92 Å². The summed E-state index contributed by atoms with van der Waals surface area (Å²) < 4.78 is 0. The van der Waals surface area contributed by atoms with Crippen LogP contribution in [0, 0.1) is 11.8 Å². The molecular weight excluding hydrogens is 332 g/mol. The van der Waals surface area contributed by atoms with Gasteiger partial charge in [0.05, 0.1) is 5.92 Å². The molecule has 6 nitrogen and oxygen atoms in total. The van der Waals surface area contributed by atoms with Gasteiger partial charge in [0, 0.05) is 31.2 Å². The second kappa shape index (κ2) is 7.48. The number of fused-ring (bicyclic) bond motifs is 1. The van der Waals surface area contributed by atoms with Crippen LogP contribution in [0.5, 0.6) is 0 Å². The van der Waals surface area contributed by atoms with Crippen LogP contribution in [-0.2, 0) is 14.4 Å². The molecule has 1 fully saturated rings. The first-order chi connectivity index (χ1) is 12.4. The van der Waals surface area contributed by atoms with E-state index in [1.54, 1.807) is 28.0 Å². The zero-order valence-corrected chi connectivity index (χ0v) is 15.4. The molecule has 26 heavy (non-hydrogen) atoms. The van der Waals surface area contributed by atoms with Crippen LogP contribution in [0.1, 0.15) is 44.6 Å². The van der Waals surface area contributed by atoms with Crippen LogP contribution in [0.4, 0.5) is 5.69 Å². The number of anilines is 1. The molecule has 2 aliphatic heterocycles. The van der Waals surface area contributed by atoms with Crippen molar-refractivity contribution in [3.63, 3.8) is 0 Å². The van der Waals surface area contributed by atoms with Crippen LogP contribution in [0.25, 0.3) is 0 Å². The summed E-state index contributed by atoms with van der Waals surface area (Å²) in [6, 6.07) is 7.21. The number of benzene rings is 1. The largest absolute Gasteiger partial charge is 0.481 e. The fraction of sp³-hybridized carbons (Fsp3) is 0.550. The number of hydrogen-bond donors (Lipinski definition) is 1. The predicted octanol–water partition coefficient (Wildman–Crippen LogP) is 2.49. The van der Waals surface area contributed by atoms with Gasteiger partial charge in [-0.25, -0.2) is 0 Å². The molecule has 2 heterocycles. The highest BCUT2D eigenvalue weighted by Gasteiger charge is 2.40. The van der Waals surface area contributed by atoms with Crippen molar-refractivity contribution in [2.75, 3.05) is 24.5 Å². The second-order valence-corrected chi connectivity index (χ2v) is 7.33. The molecule has 3 unspecified atom stereocenters. The van der Waals surface area contributed by atoms with E-state index in [2.05, 4.69) is 0 Å². The number of aliphatic carboxylic acids is 1. The number of carboxylic acids is 1. The molecule has 2 aliphatic rings. The quantitative estimate of drug-likeness (QED) is 0.897. The fourth-order valence-electron chi connectivity index (χ4n) is 3.91. The Labute approximate surface area is 153 Å². The van der Waals surface area contributed by atoms with Crippen molar-refractivity contribution < 1.29 is 19.5 Å². The summed E-state index contributed by atoms with van der Waals surface area (Å²) in [4.78, 5) is 40.6.